The Morgan fingerprint density at radius 3 is 1.88 bits per heavy atom. The van der Waals surface area contributed by atoms with Crippen LogP contribution in [0, 0.1) is 0 Å². The molecular formula is C14H27ClN2. The Hall–Kier alpha value is -0.500. The maximum atomic E-state index is 5.58. The molecule has 1 aromatic heterocycles. The van der Waals surface area contributed by atoms with E-state index in [1.165, 1.54) is 57.8 Å². The van der Waals surface area contributed by atoms with Crippen molar-refractivity contribution in [3.8, 4) is 0 Å². The SMILES string of the molecule is CCCCCCCCCCCCl.c1c[nH]cn1. The number of nitrogens with zero attached hydrogens (tertiary/aromatic N) is 1. The number of nitrogens with one attached hydrogen (secondary N) is 1. The second kappa shape index (κ2) is 15.5. The van der Waals surface area contributed by atoms with Crippen LogP contribution in [0.3, 0.4) is 0 Å². The van der Waals surface area contributed by atoms with E-state index in [0.717, 1.165) is 5.88 Å². The van der Waals surface area contributed by atoms with Crippen LogP contribution in [0.25, 0.3) is 0 Å². The van der Waals surface area contributed by atoms with Gasteiger partial charge in [0.15, 0.2) is 0 Å². The lowest BCUT2D eigenvalue weighted by Gasteiger charge is -1.99. The van der Waals surface area contributed by atoms with E-state index in [2.05, 4.69) is 16.9 Å². The minimum absolute atomic E-state index is 0.843. The van der Waals surface area contributed by atoms with Gasteiger partial charge in [-0.1, -0.05) is 58.3 Å². The van der Waals surface area contributed by atoms with Gasteiger partial charge in [0.25, 0.3) is 0 Å². The van der Waals surface area contributed by atoms with Gasteiger partial charge >= 0.3 is 0 Å². The van der Waals surface area contributed by atoms with Crippen LogP contribution in [0.5, 0.6) is 0 Å². The first-order chi connectivity index (χ1) is 8.41. The Labute approximate surface area is 111 Å². The number of rotatable bonds is 9. The van der Waals surface area contributed by atoms with E-state index in [-0.39, 0.29) is 0 Å². The van der Waals surface area contributed by atoms with Gasteiger partial charge in [-0.15, -0.1) is 11.6 Å². The lowest BCUT2D eigenvalue weighted by Crippen LogP contribution is -1.81. The molecule has 100 valence electrons. The van der Waals surface area contributed by atoms with Gasteiger partial charge in [0.05, 0.1) is 6.33 Å². The second-order valence-corrected chi connectivity index (χ2v) is 4.66. The molecule has 0 spiro atoms. The number of hydrogen-bond donors (Lipinski definition) is 1. The minimum atomic E-state index is 0.843. The van der Waals surface area contributed by atoms with Gasteiger partial charge in [-0.3, -0.25) is 0 Å². The van der Waals surface area contributed by atoms with E-state index >= 15 is 0 Å². The van der Waals surface area contributed by atoms with Gasteiger partial charge in [0.2, 0.25) is 0 Å². The molecule has 0 radical (unpaired) electrons. The molecule has 0 aliphatic rings. The van der Waals surface area contributed by atoms with Crippen LogP contribution in [-0.4, -0.2) is 15.8 Å². The monoisotopic (exact) mass is 258 g/mol. The van der Waals surface area contributed by atoms with Crippen LogP contribution >= 0.6 is 11.6 Å². The summed E-state index contributed by atoms with van der Waals surface area (Å²) in [5.41, 5.74) is 0. The number of H-pyrrole nitrogens is 1. The molecule has 1 N–H and O–H groups in total. The zero-order valence-corrected chi connectivity index (χ0v) is 11.9. The van der Waals surface area contributed by atoms with Gasteiger partial charge in [-0.25, -0.2) is 4.98 Å². The van der Waals surface area contributed by atoms with Crippen LogP contribution in [-0.2, 0) is 0 Å². The Morgan fingerprint density at radius 2 is 1.53 bits per heavy atom. The molecule has 1 rings (SSSR count). The predicted molar refractivity (Wildman–Crippen MR) is 76.5 cm³/mol. The molecule has 0 saturated heterocycles. The first kappa shape index (κ1) is 16.5. The number of imidazole rings is 1. The van der Waals surface area contributed by atoms with Crippen molar-refractivity contribution < 1.29 is 0 Å². The van der Waals surface area contributed by atoms with Crippen molar-refractivity contribution in [2.75, 3.05) is 5.88 Å². The summed E-state index contributed by atoms with van der Waals surface area (Å²) in [7, 11) is 0. The first-order valence-electron chi connectivity index (χ1n) is 6.90. The minimum Gasteiger partial charge on any atom is -0.351 e. The summed E-state index contributed by atoms with van der Waals surface area (Å²) in [5.74, 6) is 0.843. The summed E-state index contributed by atoms with van der Waals surface area (Å²) in [6.07, 6.45) is 17.5. The lowest BCUT2D eigenvalue weighted by atomic mass is 10.1. The van der Waals surface area contributed by atoms with Gasteiger partial charge in [-0.2, -0.15) is 0 Å². The van der Waals surface area contributed by atoms with E-state index in [0.29, 0.717) is 0 Å². The number of hydrogen-bond acceptors (Lipinski definition) is 1. The van der Waals surface area contributed by atoms with Crippen molar-refractivity contribution in [2.24, 2.45) is 0 Å². The molecule has 0 saturated carbocycles. The van der Waals surface area contributed by atoms with Crippen molar-refractivity contribution in [1.82, 2.24) is 9.97 Å². The fourth-order valence-corrected chi connectivity index (χ4v) is 1.81. The highest BCUT2D eigenvalue weighted by atomic mass is 35.5. The van der Waals surface area contributed by atoms with Crippen molar-refractivity contribution in [2.45, 2.75) is 64.7 Å². The highest BCUT2D eigenvalue weighted by molar-refractivity contribution is 6.17. The molecule has 0 unspecified atom stereocenters. The molecular weight excluding hydrogens is 232 g/mol. The average Bonchev–Trinajstić information content (AvgIpc) is 2.92. The maximum absolute atomic E-state index is 5.58. The normalized spacial score (nSPS) is 9.76. The van der Waals surface area contributed by atoms with Gasteiger partial charge in [-0.05, 0) is 6.42 Å². The van der Waals surface area contributed by atoms with Crippen LogP contribution < -0.4 is 0 Å². The summed E-state index contributed by atoms with van der Waals surface area (Å²) >= 11 is 5.58. The van der Waals surface area contributed by atoms with Crippen molar-refractivity contribution in [3.05, 3.63) is 18.7 Å². The van der Waals surface area contributed by atoms with E-state index < -0.39 is 0 Å². The van der Waals surface area contributed by atoms with Crippen molar-refractivity contribution >= 4 is 11.6 Å². The summed E-state index contributed by atoms with van der Waals surface area (Å²) in [4.78, 5) is 6.42. The number of halogens is 1. The zero-order valence-electron chi connectivity index (χ0n) is 11.1. The standard InChI is InChI=1S/C11H23Cl.C3H4N2/c1-2-3-4-5-6-7-8-9-10-11-12;1-2-5-3-4-1/h2-11H2,1H3;1-3H,(H,4,5). The second-order valence-electron chi connectivity index (χ2n) is 4.28. The predicted octanol–water partition coefficient (Wildman–Crippen LogP) is 5.17. The van der Waals surface area contributed by atoms with Crippen LogP contribution in [0.2, 0.25) is 0 Å². The molecule has 0 aromatic carbocycles. The third-order valence-corrected chi connectivity index (χ3v) is 2.91. The zero-order chi connectivity index (χ0) is 12.6. The summed E-state index contributed by atoms with van der Waals surface area (Å²) in [5, 5.41) is 0. The molecule has 1 aromatic rings. The highest BCUT2D eigenvalue weighted by Crippen LogP contribution is 2.09. The molecule has 0 aliphatic heterocycles. The van der Waals surface area contributed by atoms with Crippen LogP contribution in [0.1, 0.15) is 64.7 Å². The molecule has 17 heavy (non-hydrogen) atoms. The topological polar surface area (TPSA) is 28.7 Å². The van der Waals surface area contributed by atoms with Crippen LogP contribution in [0.15, 0.2) is 18.7 Å². The summed E-state index contributed by atoms with van der Waals surface area (Å²) < 4.78 is 0. The third-order valence-electron chi connectivity index (χ3n) is 2.64. The molecule has 0 aliphatic carbocycles. The molecule has 0 amide bonds. The molecule has 3 heteroatoms. The fourth-order valence-electron chi connectivity index (χ4n) is 1.62. The molecule has 0 atom stereocenters. The Kier molecular flexibility index (Phi) is 15.0. The summed E-state index contributed by atoms with van der Waals surface area (Å²) in [6.45, 7) is 2.26. The summed E-state index contributed by atoms with van der Waals surface area (Å²) in [6, 6.07) is 0. The number of aromatic amines is 1. The Morgan fingerprint density at radius 1 is 0.941 bits per heavy atom. The largest absolute Gasteiger partial charge is 0.351 e. The van der Waals surface area contributed by atoms with Crippen LogP contribution in [0.4, 0.5) is 0 Å². The molecule has 0 bridgehead atoms. The molecule has 2 nitrogen and oxygen atoms in total. The molecule has 0 fully saturated rings. The smallest absolute Gasteiger partial charge is 0.0919 e. The van der Waals surface area contributed by atoms with Gasteiger partial charge in [0.1, 0.15) is 0 Å². The van der Waals surface area contributed by atoms with Gasteiger partial charge in [0, 0.05) is 18.3 Å². The van der Waals surface area contributed by atoms with Crippen molar-refractivity contribution in [1.29, 1.82) is 0 Å². The average molecular weight is 259 g/mol. The highest BCUT2D eigenvalue weighted by Gasteiger charge is 1.90. The van der Waals surface area contributed by atoms with E-state index in [1.807, 2.05) is 0 Å². The van der Waals surface area contributed by atoms with E-state index in [1.54, 1.807) is 18.7 Å². The Balaban J connectivity index is 0.000000419. The van der Waals surface area contributed by atoms with E-state index in [4.69, 9.17) is 11.6 Å². The van der Waals surface area contributed by atoms with Gasteiger partial charge < -0.3 is 4.98 Å². The maximum Gasteiger partial charge on any atom is 0.0919 e. The van der Waals surface area contributed by atoms with Crippen molar-refractivity contribution in [3.63, 3.8) is 0 Å². The quantitative estimate of drug-likeness (QED) is 0.481. The number of alkyl halides is 1. The molecule has 1 heterocycles. The van der Waals surface area contributed by atoms with E-state index in [9.17, 15) is 0 Å². The Bertz CT molecular complexity index is 173. The first-order valence-corrected chi connectivity index (χ1v) is 7.44. The third kappa shape index (κ3) is 15.5. The lowest BCUT2D eigenvalue weighted by molar-refractivity contribution is 0.573. The fraction of sp³-hybridized carbons (Fsp3) is 0.786. The number of aromatic nitrogens is 2. The number of unbranched alkanes of at least 4 members (excludes halogenated alkanes) is 8.